The normalized spacial score (nSPS) is 24.8. The van der Waals surface area contributed by atoms with Crippen LogP contribution >= 0.6 is 11.8 Å². The number of hydrogen-bond acceptors (Lipinski definition) is 4. The minimum absolute atomic E-state index is 0.114. The van der Waals surface area contributed by atoms with E-state index in [0.29, 0.717) is 12.1 Å². The first-order chi connectivity index (χ1) is 14.8. The van der Waals surface area contributed by atoms with Crippen molar-refractivity contribution in [3.63, 3.8) is 0 Å². The molecule has 3 aliphatic rings. The smallest absolute Gasteiger partial charge is 0.256 e. The predicted molar refractivity (Wildman–Crippen MR) is 123 cm³/mol. The third kappa shape index (κ3) is 4.25. The molecule has 2 aliphatic heterocycles. The van der Waals surface area contributed by atoms with Crippen LogP contribution in [0.2, 0.25) is 0 Å². The highest BCUT2D eigenvalue weighted by Gasteiger charge is 2.57. The number of carbonyl (C=O) groups is 3. The summed E-state index contributed by atoms with van der Waals surface area (Å²) >= 11 is 1.62. The molecule has 0 aromatic heterocycles. The SMILES string of the molecule is C[C@H](NC(=O)[C@H]1N2C(=O)c3ccccc3[C@H]2SC1(C)C)C(=O)NCCC1=CCCCC1. The zero-order valence-electron chi connectivity index (χ0n) is 18.4. The Balaban J connectivity index is 1.38. The zero-order valence-corrected chi connectivity index (χ0v) is 19.3. The van der Waals surface area contributed by atoms with Gasteiger partial charge in [0.2, 0.25) is 11.8 Å². The van der Waals surface area contributed by atoms with Gasteiger partial charge in [-0.1, -0.05) is 29.8 Å². The van der Waals surface area contributed by atoms with Crippen molar-refractivity contribution in [2.45, 2.75) is 75.1 Å². The second kappa shape index (κ2) is 8.69. The van der Waals surface area contributed by atoms with Gasteiger partial charge in [-0.05, 0) is 64.5 Å². The summed E-state index contributed by atoms with van der Waals surface area (Å²) in [6, 6.07) is 6.25. The van der Waals surface area contributed by atoms with Crippen molar-refractivity contribution in [1.29, 1.82) is 0 Å². The average Bonchev–Trinajstić information content (AvgIpc) is 3.18. The monoisotopic (exact) mass is 441 g/mol. The van der Waals surface area contributed by atoms with Gasteiger partial charge in [0.15, 0.2) is 0 Å². The Morgan fingerprint density at radius 3 is 2.77 bits per heavy atom. The molecule has 0 saturated carbocycles. The lowest BCUT2D eigenvalue weighted by Crippen LogP contribution is -2.56. The van der Waals surface area contributed by atoms with Crippen LogP contribution in [0, 0.1) is 0 Å². The van der Waals surface area contributed by atoms with E-state index < -0.39 is 16.8 Å². The fourth-order valence-corrected chi connectivity index (χ4v) is 6.38. The Bertz CT molecular complexity index is 926. The van der Waals surface area contributed by atoms with Gasteiger partial charge in [0.25, 0.3) is 5.91 Å². The summed E-state index contributed by atoms with van der Waals surface area (Å²) in [5.74, 6) is -0.587. The molecule has 1 aromatic carbocycles. The van der Waals surface area contributed by atoms with E-state index in [1.165, 1.54) is 18.4 Å². The highest BCUT2D eigenvalue weighted by atomic mass is 32.2. The first-order valence-corrected chi connectivity index (χ1v) is 12.0. The van der Waals surface area contributed by atoms with Gasteiger partial charge >= 0.3 is 0 Å². The Morgan fingerprint density at radius 1 is 1.26 bits per heavy atom. The van der Waals surface area contributed by atoms with E-state index in [4.69, 9.17) is 0 Å². The molecule has 166 valence electrons. The molecule has 0 bridgehead atoms. The number of allylic oxidation sites excluding steroid dienone is 1. The van der Waals surface area contributed by atoms with E-state index in [2.05, 4.69) is 16.7 Å². The lowest BCUT2D eigenvalue weighted by molar-refractivity contribution is -0.131. The van der Waals surface area contributed by atoms with Crippen molar-refractivity contribution in [3.8, 4) is 0 Å². The fraction of sp³-hybridized carbons (Fsp3) is 0.542. The highest BCUT2D eigenvalue weighted by Crippen LogP contribution is 2.56. The third-order valence-electron chi connectivity index (χ3n) is 6.43. The number of nitrogens with one attached hydrogen (secondary N) is 2. The predicted octanol–water partition coefficient (Wildman–Crippen LogP) is 3.55. The molecule has 1 fully saturated rings. The topological polar surface area (TPSA) is 78.5 Å². The van der Waals surface area contributed by atoms with Crippen molar-refractivity contribution < 1.29 is 14.4 Å². The Hall–Kier alpha value is -2.28. The highest BCUT2D eigenvalue weighted by molar-refractivity contribution is 8.01. The number of rotatable bonds is 6. The maximum absolute atomic E-state index is 13.2. The van der Waals surface area contributed by atoms with Gasteiger partial charge in [0, 0.05) is 16.9 Å². The first-order valence-electron chi connectivity index (χ1n) is 11.1. The largest absolute Gasteiger partial charge is 0.354 e. The van der Waals surface area contributed by atoms with Crippen molar-refractivity contribution in [2.24, 2.45) is 0 Å². The van der Waals surface area contributed by atoms with Gasteiger partial charge in [0.1, 0.15) is 17.5 Å². The maximum Gasteiger partial charge on any atom is 0.256 e. The van der Waals surface area contributed by atoms with Gasteiger partial charge in [-0.3, -0.25) is 14.4 Å². The van der Waals surface area contributed by atoms with Crippen molar-refractivity contribution in [2.75, 3.05) is 6.54 Å². The number of fused-ring (bicyclic) bond motifs is 3. The molecule has 6 nitrogen and oxygen atoms in total. The number of thioether (sulfide) groups is 1. The van der Waals surface area contributed by atoms with Crippen LogP contribution in [0.25, 0.3) is 0 Å². The van der Waals surface area contributed by atoms with Crippen LogP contribution in [0.4, 0.5) is 0 Å². The lowest BCUT2D eigenvalue weighted by atomic mass is 9.97. The number of nitrogens with zero attached hydrogens (tertiary/aromatic N) is 1. The van der Waals surface area contributed by atoms with Crippen LogP contribution in [0.3, 0.4) is 0 Å². The number of amides is 3. The van der Waals surface area contributed by atoms with Gasteiger partial charge in [-0.2, -0.15) is 0 Å². The van der Waals surface area contributed by atoms with Crippen molar-refractivity contribution in [3.05, 3.63) is 47.0 Å². The lowest BCUT2D eigenvalue weighted by Gasteiger charge is -2.30. The molecule has 0 radical (unpaired) electrons. The first kappa shape index (κ1) is 21.9. The molecular formula is C24H31N3O3S. The van der Waals surface area contributed by atoms with Crippen LogP contribution in [0.1, 0.15) is 74.2 Å². The molecule has 3 atom stereocenters. The molecule has 4 rings (SSSR count). The van der Waals surface area contributed by atoms with Crippen molar-refractivity contribution >= 4 is 29.5 Å². The van der Waals surface area contributed by atoms with E-state index in [0.717, 1.165) is 24.8 Å². The Labute approximate surface area is 188 Å². The molecule has 1 saturated heterocycles. The molecule has 1 aliphatic carbocycles. The van der Waals surface area contributed by atoms with Crippen molar-refractivity contribution in [1.82, 2.24) is 15.5 Å². The van der Waals surface area contributed by atoms with Gasteiger partial charge in [-0.15, -0.1) is 11.8 Å². The van der Waals surface area contributed by atoms with E-state index >= 15 is 0 Å². The summed E-state index contributed by atoms with van der Waals surface area (Å²) < 4.78 is -0.457. The van der Waals surface area contributed by atoms with Gasteiger partial charge < -0.3 is 15.5 Å². The van der Waals surface area contributed by atoms with Gasteiger partial charge in [-0.25, -0.2) is 0 Å². The van der Waals surface area contributed by atoms with Crippen LogP contribution in [0.15, 0.2) is 35.9 Å². The molecule has 3 amide bonds. The number of benzene rings is 1. The summed E-state index contributed by atoms with van der Waals surface area (Å²) in [6.45, 7) is 6.25. The summed E-state index contributed by atoms with van der Waals surface area (Å²) in [7, 11) is 0. The summed E-state index contributed by atoms with van der Waals surface area (Å²) in [4.78, 5) is 40.5. The third-order valence-corrected chi connectivity index (χ3v) is 7.96. The molecule has 7 heteroatoms. The van der Waals surface area contributed by atoms with Crippen LogP contribution < -0.4 is 10.6 Å². The van der Waals surface area contributed by atoms with Crippen LogP contribution in [-0.4, -0.2) is 46.0 Å². The molecule has 0 spiro atoms. The second-order valence-corrected chi connectivity index (χ2v) is 10.9. The minimum atomic E-state index is -0.659. The van der Waals surface area contributed by atoms with Gasteiger partial charge in [0.05, 0.1) is 0 Å². The van der Waals surface area contributed by atoms with E-state index in [-0.39, 0.29) is 23.1 Å². The van der Waals surface area contributed by atoms with Crippen LogP contribution in [0.5, 0.6) is 0 Å². The summed E-state index contributed by atoms with van der Waals surface area (Å²) in [5.41, 5.74) is 3.03. The molecule has 31 heavy (non-hydrogen) atoms. The maximum atomic E-state index is 13.2. The van der Waals surface area contributed by atoms with E-state index in [9.17, 15) is 14.4 Å². The van der Waals surface area contributed by atoms with E-state index in [1.54, 1.807) is 23.6 Å². The van der Waals surface area contributed by atoms with E-state index in [1.807, 2.05) is 38.1 Å². The zero-order chi connectivity index (χ0) is 22.2. The van der Waals surface area contributed by atoms with Crippen LogP contribution in [-0.2, 0) is 9.59 Å². The number of hydrogen-bond donors (Lipinski definition) is 2. The Kier molecular flexibility index (Phi) is 6.15. The molecular weight excluding hydrogens is 410 g/mol. The standard InChI is InChI=1S/C24H31N3O3S/c1-15(20(28)25-14-13-16-9-5-4-6-10-16)26-21(29)19-24(2,3)31-23-18-12-8-7-11-17(18)22(30)27(19)23/h7-9,11-12,15,19,23H,4-6,10,13-14H2,1-3H3,(H,25,28)(H,26,29)/t15-,19+,23+/m0/s1. The average molecular weight is 442 g/mol. The summed E-state index contributed by atoms with van der Waals surface area (Å²) in [6.07, 6.45) is 7.86. The molecule has 2 N–H and O–H groups in total. The second-order valence-electron chi connectivity index (χ2n) is 9.16. The molecule has 1 aromatic rings. The minimum Gasteiger partial charge on any atom is -0.354 e. The Morgan fingerprint density at radius 2 is 2.03 bits per heavy atom. The quantitative estimate of drug-likeness (QED) is 0.662. The molecule has 2 heterocycles. The fourth-order valence-electron chi connectivity index (χ4n) is 4.79. The summed E-state index contributed by atoms with van der Waals surface area (Å²) in [5, 5.41) is 5.62. The number of carbonyl (C=O) groups excluding carboxylic acids is 3. The molecule has 0 unspecified atom stereocenters.